The molecule has 0 saturated heterocycles. The van der Waals surface area contributed by atoms with Crippen LogP contribution in [0.3, 0.4) is 0 Å². The van der Waals surface area contributed by atoms with Gasteiger partial charge >= 0.3 is 0 Å². The van der Waals surface area contributed by atoms with E-state index in [4.69, 9.17) is 16.3 Å². The zero-order valence-corrected chi connectivity index (χ0v) is 30.6. The molecule has 1 aliphatic rings. The Bertz CT molecular complexity index is 1800. The zero-order valence-electron chi connectivity index (χ0n) is 27.4. The van der Waals surface area contributed by atoms with Crippen molar-refractivity contribution in [3.8, 4) is 5.75 Å². The van der Waals surface area contributed by atoms with Crippen molar-refractivity contribution in [2.75, 3.05) is 17.5 Å². The Hall–Kier alpha value is -3.86. The number of benzene rings is 4. The van der Waals surface area contributed by atoms with Crippen LogP contribution in [0.15, 0.2) is 112 Å². The van der Waals surface area contributed by atoms with E-state index < -0.39 is 28.5 Å². The normalized spacial score (nSPS) is 14.1. The summed E-state index contributed by atoms with van der Waals surface area (Å²) in [4.78, 5) is 30.5. The number of nitrogens with zero attached hydrogens (tertiary/aromatic N) is 2. The fourth-order valence-corrected chi connectivity index (χ4v) is 8.05. The number of halogens is 2. The van der Waals surface area contributed by atoms with E-state index in [-0.39, 0.29) is 35.5 Å². The number of ether oxygens (including phenoxy) is 1. The van der Waals surface area contributed by atoms with Crippen molar-refractivity contribution in [3.05, 3.63) is 124 Å². The van der Waals surface area contributed by atoms with Crippen LogP contribution >= 0.6 is 27.5 Å². The van der Waals surface area contributed by atoms with Crippen molar-refractivity contribution in [1.82, 2.24) is 10.2 Å². The van der Waals surface area contributed by atoms with E-state index in [2.05, 4.69) is 21.2 Å². The van der Waals surface area contributed by atoms with Gasteiger partial charge in [-0.15, -0.1) is 0 Å². The summed E-state index contributed by atoms with van der Waals surface area (Å²) in [5, 5.41) is 3.62. The van der Waals surface area contributed by atoms with Gasteiger partial charge in [0.1, 0.15) is 18.3 Å². The second-order valence-electron chi connectivity index (χ2n) is 12.1. The van der Waals surface area contributed by atoms with Gasteiger partial charge in [-0.05, 0) is 91.6 Å². The zero-order chi connectivity index (χ0) is 34.8. The lowest BCUT2D eigenvalue weighted by Crippen LogP contribution is -2.55. The molecule has 4 aromatic rings. The Kier molecular flexibility index (Phi) is 12.8. The number of rotatable bonds is 14. The molecule has 4 aromatic carbocycles. The Labute approximate surface area is 302 Å². The third-order valence-electron chi connectivity index (χ3n) is 8.58. The number of nitrogens with one attached hydrogen (secondary N) is 1. The predicted molar refractivity (Wildman–Crippen MR) is 197 cm³/mol. The molecule has 0 heterocycles. The van der Waals surface area contributed by atoms with Gasteiger partial charge in [-0.25, -0.2) is 8.42 Å². The number of carbonyl (C=O) groups is 2. The monoisotopic (exact) mass is 765 g/mol. The van der Waals surface area contributed by atoms with Crippen LogP contribution in [0.2, 0.25) is 5.02 Å². The standard InChI is InChI=1S/C38H41BrClN3O5S/c1-2-48-34-20-18-33(19-21-34)43(49(46,47)35-22-16-31(40)17-23-35)27-37(44)42(26-29-12-9-13-30(39)24-29)36(25-28-10-5-3-6-11-28)38(45)41-32-14-7-4-8-15-32/h3,5-6,9-13,16-24,32,36H,2,4,7-8,14-15,25-27H2,1H3,(H,41,45). The summed E-state index contributed by atoms with van der Waals surface area (Å²) >= 11 is 9.63. The second kappa shape index (κ2) is 17.2. The molecule has 0 aliphatic heterocycles. The number of amides is 2. The van der Waals surface area contributed by atoms with E-state index in [0.29, 0.717) is 17.4 Å². The van der Waals surface area contributed by atoms with E-state index in [9.17, 15) is 18.0 Å². The molecular weight excluding hydrogens is 726 g/mol. The first kappa shape index (κ1) is 36.4. The summed E-state index contributed by atoms with van der Waals surface area (Å²) in [6.45, 7) is 1.85. The Morgan fingerprint density at radius 1 is 0.898 bits per heavy atom. The summed E-state index contributed by atoms with van der Waals surface area (Å²) < 4.78 is 36.0. The van der Waals surface area contributed by atoms with Gasteiger partial charge < -0.3 is 15.0 Å². The van der Waals surface area contributed by atoms with Crippen LogP contribution in [0.25, 0.3) is 0 Å². The minimum absolute atomic E-state index is 0.0204. The van der Waals surface area contributed by atoms with E-state index in [1.807, 2.05) is 61.5 Å². The van der Waals surface area contributed by atoms with Crippen LogP contribution in [0, 0.1) is 0 Å². The Balaban J connectivity index is 1.56. The molecule has 1 fully saturated rings. The lowest BCUT2D eigenvalue weighted by atomic mass is 9.94. The van der Waals surface area contributed by atoms with Crippen LogP contribution in [-0.2, 0) is 32.6 Å². The van der Waals surface area contributed by atoms with Gasteiger partial charge in [0.05, 0.1) is 17.2 Å². The van der Waals surface area contributed by atoms with Crippen molar-refractivity contribution < 1.29 is 22.7 Å². The summed E-state index contributed by atoms with van der Waals surface area (Å²) in [6, 6.07) is 28.6. The van der Waals surface area contributed by atoms with Crippen LogP contribution < -0.4 is 14.4 Å². The number of hydrogen-bond acceptors (Lipinski definition) is 5. The molecule has 0 aromatic heterocycles. The van der Waals surface area contributed by atoms with Gasteiger partial charge in [0.15, 0.2) is 0 Å². The molecule has 1 N–H and O–H groups in total. The van der Waals surface area contributed by atoms with Gasteiger partial charge in [0.25, 0.3) is 10.0 Å². The van der Waals surface area contributed by atoms with Crippen molar-refractivity contribution in [3.63, 3.8) is 0 Å². The second-order valence-corrected chi connectivity index (χ2v) is 15.3. The van der Waals surface area contributed by atoms with Gasteiger partial charge in [-0.2, -0.15) is 0 Å². The van der Waals surface area contributed by atoms with Crippen LogP contribution in [-0.4, -0.2) is 50.4 Å². The van der Waals surface area contributed by atoms with Crippen molar-refractivity contribution in [2.24, 2.45) is 0 Å². The molecule has 11 heteroatoms. The molecule has 1 unspecified atom stereocenters. The molecule has 1 saturated carbocycles. The highest BCUT2D eigenvalue weighted by Gasteiger charge is 2.35. The van der Waals surface area contributed by atoms with Crippen LogP contribution in [0.4, 0.5) is 5.69 Å². The minimum atomic E-state index is -4.25. The smallest absolute Gasteiger partial charge is 0.264 e. The highest BCUT2D eigenvalue weighted by Crippen LogP contribution is 2.28. The SMILES string of the molecule is CCOc1ccc(N(CC(=O)N(Cc2cccc(Br)c2)C(Cc2ccccc2)C(=O)NC2CCCCC2)S(=O)(=O)c2ccc(Cl)cc2)cc1. The molecule has 1 atom stereocenters. The Morgan fingerprint density at radius 3 is 2.22 bits per heavy atom. The first-order valence-corrected chi connectivity index (χ1v) is 19.1. The van der Waals surface area contributed by atoms with Crippen LogP contribution in [0.5, 0.6) is 5.75 Å². The maximum absolute atomic E-state index is 14.7. The van der Waals surface area contributed by atoms with Crippen molar-refractivity contribution >= 4 is 55.1 Å². The number of carbonyl (C=O) groups excluding carboxylic acids is 2. The lowest BCUT2D eigenvalue weighted by molar-refractivity contribution is -0.140. The molecule has 0 bridgehead atoms. The maximum Gasteiger partial charge on any atom is 0.264 e. The third kappa shape index (κ3) is 9.86. The first-order chi connectivity index (χ1) is 23.6. The average molecular weight is 767 g/mol. The summed E-state index contributed by atoms with van der Waals surface area (Å²) in [7, 11) is -4.25. The number of anilines is 1. The van der Waals surface area contributed by atoms with E-state index >= 15 is 0 Å². The van der Waals surface area contributed by atoms with Crippen molar-refractivity contribution in [1.29, 1.82) is 0 Å². The summed E-state index contributed by atoms with van der Waals surface area (Å²) in [5.41, 5.74) is 1.95. The molecule has 1 aliphatic carbocycles. The van der Waals surface area contributed by atoms with Gasteiger partial charge in [0.2, 0.25) is 11.8 Å². The molecular formula is C38H41BrClN3O5S. The average Bonchev–Trinajstić information content (AvgIpc) is 3.10. The fourth-order valence-electron chi connectivity index (χ4n) is 6.07. The van der Waals surface area contributed by atoms with Gasteiger partial charge in [-0.3, -0.25) is 13.9 Å². The molecule has 5 rings (SSSR count). The van der Waals surface area contributed by atoms with Crippen LogP contribution in [0.1, 0.15) is 50.2 Å². The molecule has 0 radical (unpaired) electrons. The fraction of sp³-hybridized carbons (Fsp3) is 0.316. The third-order valence-corrected chi connectivity index (χ3v) is 11.1. The number of sulfonamides is 1. The largest absolute Gasteiger partial charge is 0.494 e. The van der Waals surface area contributed by atoms with Crippen molar-refractivity contribution in [2.45, 2.75) is 69.0 Å². The topological polar surface area (TPSA) is 96.0 Å². The van der Waals surface area contributed by atoms with Gasteiger partial charge in [-0.1, -0.05) is 89.3 Å². The number of hydrogen-bond donors (Lipinski definition) is 1. The lowest BCUT2D eigenvalue weighted by Gasteiger charge is -2.35. The Morgan fingerprint density at radius 2 is 1.57 bits per heavy atom. The molecule has 258 valence electrons. The minimum Gasteiger partial charge on any atom is -0.494 e. The predicted octanol–water partition coefficient (Wildman–Crippen LogP) is 7.79. The highest BCUT2D eigenvalue weighted by atomic mass is 79.9. The molecule has 0 spiro atoms. The first-order valence-electron chi connectivity index (χ1n) is 16.5. The van der Waals surface area contributed by atoms with E-state index in [0.717, 1.165) is 52.0 Å². The molecule has 8 nitrogen and oxygen atoms in total. The quantitative estimate of drug-likeness (QED) is 0.142. The van der Waals surface area contributed by atoms with E-state index in [1.54, 1.807) is 24.3 Å². The maximum atomic E-state index is 14.7. The highest BCUT2D eigenvalue weighted by molar-refractivity contribution is 9.10. The molecule has 49 heavy (non-hydrogen) atoms. The summed E-state index contributed by atoms with van der Waals surface area (Å²) in [6.07, 6.45) is 5.23. The van der Waals surface area contributed by atoms with Gasteiger partial charge in [0, 0.05) is 28.5 Å². The van der Waals surface area contributed by atoms with E-state index in [1.165, 1.54) is 29.2 Å². The molecule has 2 amide bonds. The summed E-state index contributed by atoms with van der Waals surface area (Å²) in [5.74, 6) is -0.210.